The second-order valence-electron chi connectivity index (χ2n) is 4.42. The number of nitrogens with two attached hydrogens (primary N) is 1. The van der Waals surface area contributed by atoms with E-state index < -0.39 is 17.6 Å². The number of esters is 1. The Morgan fingerprint density at radius 3 is 2.25 bits per heavy atom. The van der Waals surface area contributed by atoms with E-state index in [2.05, 4.69) is 0 Å². The van der Waals surface area contributed by atoms with Crippen molar-refractivity contribution in [2.24, 2.45) is 5.73 Å². The van der Waals surface area contributed by atoms with Crippen molar-refractivity contribution in [3.63, 3.8) is 0 Å². The van der Waals surface area contributed by atoms with Gasteiger partial charge in [-0.15, -0.1) is 12.4 Å². The molecule has 0 aliphatic heterocycles. The predicted molar refractivity (Wildman–Crippen MR) is 62.6 cm³/mol. The maximum absolute atomic E-state index is 11.2. The highest BCUT2D eigenvalue weighted by Gasteiger charge is 2.17. The van der Waals surface area contributed by atoms with E-state index in [9.17, 15) is 9.59 Å². The number of ether oxygens (including phenoxy) is 1. The van der Waals surface area contributed by atoms with E-state index in [1.54, 1.807) is 20.8 Å². The van der Waals surface area contributed by atoms with E-state index in [0.717, 1.165) is 0 Å². The highest BCUT2D eigenvalue weighted by Crippen LogP contribution is 2.10. The van der Waals surface area contributed by atoms with Gasteiger partial charge in [0.25, 0.3) is 0 Å². The van der Waals surface area contributed by atoms with Crippen LogP contribution in [0, 0.1) is 0 Å². The number of carboxylic acids is 1. The molecule has 0 radical (unpaired) electrons. The van der Waals surface area contributed by atoms with Gasteiger partial charge < -0.3 is 15.6 Å². The quantitative estimate of drug-likeness (QED) is 0.722. The van der Waals surface area contributed by atoms with E-state index in [4.69, 9.17) is 15.6 Å². The lowest BCUT2D eigenvalue weighted by molar-refractivity contribution is -0.155. The molecule has 0 aromatic rings. The fourth-order valence-corrected chi connectivity index (χ4v) is 0.982. The topological polar surface area (TPSA) is 89.6 Å². The van der Waals surface area contributed by atoms with Crippen molar-refractivity contribution >= 4 is 24.3 Å². The van der Waals surface area contributed by atoms with Gasteiger partial charge in [0.1, 0.15) is 11.6 Å². The van der Waals surface area contributed by atoms with Gasteiger partial charge in [-0.3, -0.25) is 9.59 Å². The minimum atomic E-state index is -1.04. The van der Waals surface area contributed by atoms with Crippen LogP contribution < -0.4 is 5.73 Å². The lowest BCUT2D eigenvalue weighted by Crippen LogP contribution is -2.30. The van der Waals surface area contributed by atoms with Crippen LogP contribution in [0.25, 0.3) is 0 Å². The summed E-state index contributed by atoms with van der Waals surface area (Å²) in [5, 5.41) is 8.49. The molecule has 0 heterocycles. The molecular formula is C10H20ClNO4. The fourth-order valence-electron chi connectivity index (χ4n) is 0.982. The van der Waals surface area contributed by atoms with Crippen molar-refractivity contribution in [2.75, 3.05) is 0 Å². The molecule has 0 aromatic carbocycles. The Bertz CT molecular complexity index is 237. The van der Waals surface area contributed by atoms with Crippen LogP contribution in [0.3, 0.4) is 0 Å². The van der Waals surface area contributed by atoms with Crippen molar-refractivity contribution in [3.8, 4) is 0 Å². The standard InChI is InChI=1S/C10H19NO4.ClH/c1-10(2,3)15-8(12)6-4-5-7(11)9(13)14;/h7H,4-6,11H2,1-3H3,(H,13,14);1H. The number of halogens is 1. The van der Waals surface area contributed by atoms with Crippen LogP contribution in [-0.2, 0) is 14.3 Å². The van der Waals surface area contributed by atoms with Gasteiger partial charge in [0.05, 0.1) is 0 Å². The molecule has 1 atom stereocenters. The summed E-state index contributed by atoms with van der Waals surface area (Å²) in [6.07, 6.45) is 0.926. The maximum Gasteiger partial charge on any atom is 0.320 e. The summed E-state index contributed by atoms with van der Waals surface area (Å²) in [5.41, 5.74) is 4.78. The van der Waals surface area contributed by atoms with Gasteiger partial charge in [0.2, 0.25) is 0 Å². The first-order chi connectivity index (χ1) is 6.72. The van der Waals surface area contributed by atoms with Crippen LogP contribution in [0.2, 0.25) is 0 Å². The Morgan fingerprint density at radius 1 is 1.38 bits per heavy atom. The first kappa shape index (κ1) is 17.6. The molecule has 96 valence electrons. The molecule has 0 bridgehead atoms. The third-order valence-corrected chi connectivity index (χ3v) is 1.63. The molecule has 5 nitrogen and oxygen atoms in total. The molecule has 0 rings (SSSR count). The summed E-state index contributed by atoms with van der Waals surface area (Å²) in [6, 6.07) is -0.896. The van der Waals surface area contributed by atoms with E-state index in [-0.39, 0.29) is 31.2 Å². The van der Waals surface area contributed by atoms with Crippen molar-refractivity contribution < 1.29 is 19.4 Å². The fraction of sp³-hybridized carbons (Fsp3) is 0.800. The smallest absolute Gasteiger partial charge is 0.320 e. The average molecular weight is 254 g/mol. The highest BCUT2D eigenvalue weighted by molar-refractivity contribution is 5.85. The zero-order valence-corrected chi connectivity index (χ0v) is 10.7. The van der Waals surface area contributed by atoms with E-state index >= 15 is 0 Å². The number of aliphatic carboxylic acids is 1. The summed E-state index contributed by atoms with van der Waals surface area (Å²) < 4.78 is 5.05. The number of carbonyl (C=O) groups is 2. The molecule has 6 heteroatoms. The van der Waals surface area contributed by atoms with E-state index in [1.807, 2.05) is 0 Å². The number of hydrogen-bond acceptors (Lipinski definition) is 4. The second kappa shape index (κ2) is 7.46. The van der Waals surface area contributed by atoms with Crippen LogP contribution in [0.1, 0.15) is 40.0 Å². The van der Waals surface area contributed by atoms with Gasteiger partial charge in [0.15, 0.2) is 0 Å². The molecule has 0 aliphatic rings. The molecule has 0 saturated heterocycles. The summed E-state index contributed by atoms with van der Waals surface area (Å²) >= 11 is 0. The molecule has 16 heavy (non-hydrogen) atoms. The Kier molecular flexibility index (Phi) is 8.20. The maximum atomic E-state index is 11.2. The lowest BCUT2D eigenvalue weighted by Gasteiger charge is -2.19. The van der Waals surface area contributed by atoms with Crippen LogP contribution in [-0.4, -0.2) is 28.7 Å². The predicted octanol–water partition coefficient (Wildman–Crippen LogP) is 1.33. The SMILES string of the molecule is CC(C)(C)OC(=O)CCCC(N)C(=O)O.Cl. The molecule has 0 fully saturated rings. The summed E-state index contributed by atoms with van der Waals surface area (Å²) in [4.78, 5) is 21.6. The Labute approximate surface area is 102 Å². The molecule has 0 amide bonds. The van der Waals surface area contributed by atoms with Crippen molar-refractivity contribution in [1.82, 2.24) is 0 Å². The van der Waals surface area contributed by atoms with Gasteiger partial charge in [-0.05, 0) is 33.6 Å². The Balaban J connectivity index is 0. The van der Waals surface area contributed by atoms with Crippen molar-refractivity contribution in [1.29, 1.82) is 0 Å². The molecule has 0 aromatic heterocycles. The van der Waals surface area contributed by atoms with Crippen molar-refractivity contribution in [2.45, 2.75) is 51.7 Å². The van der Waals surface area contributed by atoms with E-state index in [1.165, 1.54) is 0 Å². The summed E-state index contributed by atoms with van der Waals surface area (Å²) in [5.74, 6) is -1.36. The van der Waals surface area contributed by atoms with Crippen LogP contribution >= 0.6 is 12.4 Å². The first-order valence-electron chi connectivity index (χ1n) is 4.92. The van der Waals surface area contributed by atoms with Crippen LogP contribution in [0.5, 0.6) is 0 Å². The highest BCUT2D eigenvalue weighted by atomic mass is 35.5. The van der Waals surface area contributed by atoms with Gasteiger partial charge in [-0.2, -0.15) is 0 Å². The van der Waals surface area contributed by atoms with Gasteiger partial charge in [-0.1, -0.05) is 0 Å². The zero-order valence-electron chi connectivity index (χ0n) is 9.86. The van der Waals surface area contributed by atoms with Gasteiger partial charge >= 0.3 is 11.9 Å². The average Bonchev–Trinajstić information content (AvgIpc) is 2.00. The molecule has 0 aliphatic carbocycles. The zero-order chi connectivity index (χ0) is 12.1. The Hall–Kier alpha value is -0.810. The first-order valence-corrected chi connectivity index (χ1v) is 4.92. The molecular weight excluding hydrogens is 234 g/mol. The minimum absolute atomic E-state index is 0. The Morgan fingerprint density at radius 2 is 1.88 bits per heavy atom. The second-order valence-corrected chi connectivity index (χ2v) is 4.42. The van der Waals surface area contributed by atoms with Gasteiger partial charge in [-0.25, -0.2) is 0 Å². The largest absolute Gasteiger partial charge is 0.480 e. The van der Waals surface area contributed by atoms with E-state index in [0.29, 0.717) is 6.42 Å². The lowest BCUT2D eigenvalue weighted by atomic mass is 10.1. The molecule has 0 saturated carbocycles. The van der Waals surface area contributed by atoms with Crippen LogP contribution in [0.4, 0.5) is 0 Å². The number of hydrogen-bond donors (Lipinski definition) is 2. The molecule has 1 unspecified atom stereocenters. The summed E-state index contributed by atoms with van der Waals surface area (Å²) in [6.45, 7) is 5.36. The normalized spacial score (nSPS) is 12.5. The van der Waals surface area contributed by atoms with Crippen LogP contribution in [0.15, 0.2) is 0 Å². The third-order valence-electron chi connectivity index (χ3n) is 1.63. The third kappa shape index (κ3) is 9.73. The number of rotatable bonds is 5. The van der Waals surface area contributed by atoms with Gasteiger partial charge in [0, 0.05) is 6.42 Å². The summed E-state index contributed by atoms with van der Waals surface area (Å²) in [7, 11) is 0. The molecule has 0 spiro atoms. The minimum Gasteiger partial charge on any atom is -0.480 e. The van der Waals surface area contributed by atoms with Crippen molar-refractivity contribution in [3.05, 3.63) is 0 Å². The number of carboxylic acid groups (broad SMARTS) is 1. The number of carbonyl (C=O) groups excluding carboxylic acids is 1. The monoisotopic (exact) mass is 253 g/mol. The molecule has 3 N–H and O–H groups in total.